The van der Waals surface area contributed by atoms with Crippen LogP contribution in [0.3, 0.4) is 0 Å². The number of nitrogens with zero attached hydrogens (tertiary/aromatic N) is 3. The molecule has 0 bridgehead atoms. The highest BCUT2D eigenvalue weighted by molar-refractivity contribution is 7.81. The van der Waals surface area contributed by atoms with Crippen LogP contribution in [-0.4, -0.2) is 32.8 Å². The molecule has 5 nitrogen and oxygen atoms in total. The molecule has 6 heteroatoms. The molecule has 0 aromatic carbocycles. The third kappa shape index (κ3) is 1.43. The molecule has 1 aromatic heterocycles. The zero-order valence-corrected chi connectivity index (χ0v) is 7.21. The zero-order chi connectivity index (χ0) is 9.26. The number of aliphatic imine (C=N–C) groups is 2. The number of aromatic amines is 1. The standard InChI is InChI=1S/C7H4N4OS/c12-5(6-8-1-2-9-6)7-10-3-4(13)11-7/h1-3H,(H,8,9). The quantitative estimate of drug-likeness (QED) is 0.544. The summed E-state index contributed by atoms with van der Waals surface area (Å²) in [6.07, 6.45) is 4.42. The highest BCUT2D eigenvalue weighted by Gasteiger charge is 2.18. The number of aromatic nitrogens is 2. The van der Waals surface area contributed by atoms with E-state index in [0.29, 0.717) is 4.99 Å². The number of imidazole rings is 1. The van der Waals surface area contributed by atoms with E-state index in [4.69, 9.17) is 12.2 Å². The fourth-order valence-corrected chi connectivity index (χ4v) is 1.02. The molecular weight excluding hydrogens is 188 g/mol. The minimum absolute atomic E-state index is 0.0833. The highest BCUT2D eigenvalue weighted by Crippen LogP contribution is 2.00. The van der Waals surface area contributed by atoms with Crippen LogP contribution in [-0.2, 0) is 0 Å². The van der Waals surface area contributed by atoms with Gasteiger partial charge in [0.1, 0.15) is 4.99 Å². The fraction of sp³-hybridized carbons (Fsp3) is 0. The highest BCUT2D eigenvalue weighted by atomic mass is 32.1. The lowest BCUT2D eigenvalue weighted by atomic mass is 10.3. The number of amidine groups is 1. The first-order valence-electron chi connectivity index (χ1n) is 3.48. The largest absolute Gasteiger partial charge is 0.342 e. The van der Waals surface area contributed by atoms with Gasteiger partial charge in [-0.3, -0.25) is 4.79 Å². The van der Waals surface area contributed by atoms with E-state index < -0.39 is 0 Å². The number of thiocarbonyl (C=S) groups is 1. The van der Waals surface area contributed by atoms with E-state index in [-0.39, 0.29) is 17.4 Å². The topological polar surface area (TPSA) is 70.5 Å². The van der Waals surface area contributed by atoms with Gasteiger partial charge in [-0.2, -0.15) is 0 Å². The molecule has 0 amide bonds. The van der Waals surface area contributed by atoms with Gasteiger partial charge in [0.15, 0.2) is 5.82 Å². The molecular formula is C7H4N4OS. The van der Waals surface area contributed by atoms with Crippen LogP contribution >= 0.6 is 12.2 Å². The summed E-state index contributed by atoms with van der Waals surface area (Å²) in [5.41, 5.74) is 0. The molecule has 2 heterocycles. The van der Waals surface area contributed by atoms with Crippen molar-refractivity contribution in [3.05, 3.63) is 18.2 Å². The number of ketones is 1. The second kappa shape index (κ2) is 2.98. The van der Waals surface area contributed by atoms with Crippen molar-refractivity contribution in [1.29, 1.82) is 0 Å². The summed E-state index contributed by atoms with van der Waals surface area (Å²) < 4.78 is 0. The van der Waals surface area contributed by atoms with E-state index in [0.717, 1.165) is 0 Å². The third-order valence-electron chi connectivity index (χ3n) is 1.43. The van der Waals surface area contributed by atoms with Crippen molar-refractivity contribution in [2.75, 3.05) is 0 Å². The summed E-state index contributed by atoms with van der Waals surface area (Å²) in [5.74, 6) is -0.0401. The molecule has 13 heavy (non-hydrogen) atoms. The lowest BCUT2D eigenvalue weighted by Gasteiger charge is -1.90. The summed E-state index contributed by atoms with van der Waals surface area (Å²) in [5, 5.41) is 0. The van der Waals surface area contributed by atoms with E-state index in [2.05, 4.69) is 20.0 Å². The van der Waals surface area contributed by atoms with Gasteiger partial charge in [0, 0.05) is 12.4 Å². The number of Topliss-reactive ketones (excluding diaryl/α,β-unsaturated/α-hetero) is 1. The second-order valence-electron chi connectivity index (χ2n) is 2.30. The van der Waals surface area contributed by atoms with Gasteiger partial charge in [-0.25, -0.2) is 15.0 Å². The average Bonchev–Trinajstić information content (AvgIpc) is 2.72. The Hall–Kier alpha value is -1.69. The van der Waals surface area contributed by atoms with Crippen molar-refractivity contribution in [1.82, 2.24) is 9.97 Å². The van der Waals surface area contributed by atoms with Crippen LogP contribution in [0.15, 0.2) is 22.4 Å². The first-order chi connectivity index (χ1) is 6.27. The fourth-order valence-electron chi connectivity index (χ4n) is 0.883. The van der Waals surface area contributed by atoms with Gasteiger partial charge >= 0.3 is 0 Å². The maximum atomic E-state index is 11.5. The van der Waals surface area contributed by atoms with Crippen LogP contribution in [0.5, 0.6) is 0 Å². The van der Waals surface area contributed by atoms with Gasteiger partial charge in [0.05, 0.1) is 6.21 Å². The predicted octanol–water partition coefficient (Wildman–Crippen LogP) is 0.403. The normalized spacial score (nSPS) is 14.8. The minimum Gasteiger partial charge on any atom is -0.342 e. The molecule has 1 N–H and O–H groups in total. The average molecular weight is 192 g/mol. The van der Waals surface area contributed by atoms with E-state index in [1.165, 1.54) is 12.4 Å². The SMILES string of the molecule is O=C(C1=NC(=S)C=N1)c1ncc[nH]1. The number of hydrogen-bond acceptors (Lipinski definition) is 4. The molecule has 0 fully saturated rings. The number of hydrogen-bond donors (Lipinski definition) is 1. The molecule has 0 atom stereocenters. The Labute approximate surface area is 78.6 Å². The van der Waals surface area contributed by atoms with Crippen molar-refractivity contribution in [3.63, 3.8) is 0 Å². The Morgan fingerprint density at radius 3 is 2.92 bits per heavy atom. The maximum absolute atomic E-state index is 11.5. The molecule has 0 radical (unpaired) electrons. The molecule has 64 valence electrons. The second-order valence-corrected chi connectivity index (χ2v) is 2.72. The van der Waals surface area contributed by atoms with Crippen LogP contribution in [0, 0.1) is 0 Å². The molecule has 1 aliphatic heterocycles. The van der Waals surface area contributed by atoms with Gasteiger partial charge in [0.2, 0.25) is 5.84 Å². The third-order valence-corrected chi connectivity index (χ3v) is 1.63. The Kier molecular flexibility index (Phi) is 1.82. The first kappa shape index (κ1) is 7.93. The lowest BCUT2D eigenvalue weighted by molar-refractivity contribution is 0.105. The lowest BCUT2D eigenvalue weighted by Crippen LogP contribution is -2.12. The van der Waals surface area contributed by atoms with E-state index in [1.54, 1.807) is 6.20 Å². The molecule has 1 aromatic rings. The van der Waals surface area contributed by atoms with Crippen molar-refractivity contribution in [2.24, 2.45) is 9.98 Å². The maximum Gasteiger partial charge on any atom is 0.265 e. The van der Waals surface area contributed by atoms with Gasteiger partial charge in [-0.1, -0.05) is 12.2 Å². The molecule has 0 unspecified atom stereocenters. The molecule has 0 saturated heterocycles. The summed E-state index contributed by atoms with van der Waals surface area (Å²) >= 11 is 4.73. The van der Waals surface area contributed by atoms with Crippen molar-refractivity contribution < 1.29 is 4.79 Å². The van der Waals surface area contributed by atoms with Crippen molar-refractivity contribution in [2.45, 2.75) is 0 Å². The van der Waals surface area contributed by atoms with Crippen LogP contribution in [0.1, 0.15) is 10.6 Å². The summed E-state index contributed by atoms with van der Waals surface area (Å²) in [6.45, 7) is 0. The monoisotopic (exact) mass is 192 g/mol. The number of carbonyl (C=O) groups is 1. The number of H-pyrrole nitrogens is 1. The van der Waals surface area contributed by atoms with Gasteiger partial charge in [0.25, 0.3) is 5.78 Å². The van der Waals surface area contributed by atoms with Crippen LogP contribution in [0.4, 0.5) is 0 Å². The number of nitrogens with one attached hydrogen (secondary N) is 1. The molecule has 0 saturated carbocycles. The minimum atomic E-state index is -0.346. The summed E-state index contributed by atoms with van der Waals surface area (Å²) in [6, 6.07) is 0. The van der Waals surface area contributed by atoms with Gasteiger partial charge < -0.3 is 4.98 Å². The molecule has 0 spiro atoms. The first-order valence-corrected chi connectivity index (χ1v) is 3.89. The Morgan fingerprint density at radius 1 is 1.54 bits per heavy atom. The van der Waals surface area contributed by atoms with Gasteiger partial charge in [-0.15, -0.1) is 0 Å². The van der Waals surface area contributed by atoms with Crippen LogP contribution in [0.25, 0.3) is 0 Å². The zero-order valence-electron chi connectivity index (χ0n) is 6.39. The van der Waals surface area contributed by atoms with E-state index in [1.807, 2.05) is 0 Å². The number of carbonyl (C=O) groups excluding carboxylic acids is 1. The number of rotatable bonds is 2. The summed E-state index contributed by atoms with van der Waals surface area (Å²) in [4.78, 5) is 25.7. The predicted molar refractivity (Wildman–Crippen MR) is 51.4 cm³/mol. The van der Waals surface area contributed by atoms with Gasteiger partial charge in [-0.05, 0) is 0 Å². The van der Waals surface area contributed by atoms with Crippen LogP contribution in [0.2, 0.25) is 0 Å². The van der Waals surface area contributed by atoms with Crippen molar-refractivity contribution in [3.8, 4) is 0 Å². The van der Waals surface area contributed by atoms with E-state index >= 15 is 0 Å². The Balaban J connectivity index is 2.30. The Morgan fingerprint density at radius 2 is 2.38 bits per heavy atom. The van der Waals surface area contributed by atoms with E-state index in [9.17, 15) is 4.79 Å². The molecule has 2 rings (SSSR count). The van der Waals surface area contributed by atoms with Crippen LogP contribution < -0.4 is 0 Å². The molecule has 0 aliphatic carbocycles. The molecule has 1 aliphatic rings. The van der Waals surface area contributed by atoms with Crippen molar-refractivity contribution >= 4 is 35.0 Å². The Bertz CT molecular complexity index is 418. The smallest absolute Gasteiger partial charge is 0.265 e. The summed E-state index contributed by atoms with van der Waals surface area (Å²) in [7, 11) is 0.